The topological polar surface area (TPSA) is 55.8 Å². The molecule has 0 bridgehead atoms. The van der Waals surface area contributed by atoms with Crippen molar-refractivity contribution in [3.05, 3.63) is 27.7 Å². The molecule has 1 aliphatic heterocycles. The third kappa shape index (κ3) is 2.94. The number of carbonyl (C=O) groups is 1. The molecule has 1 aromatic carbocycles. The Morgan fingerprint density at radius 3 is 2.86 bits per heavy atom. The Bertz CT molecular complexity index is 566. The third-order valence-corrected chi connectivity index (χ3v) is 4.92. The minimum atomic E-state index is -0.959. The number of carboxylic acid groups (broad SMARTS) is 1. The molecule has 5 heteroatoms. The smallest absolute Gasteiger partial charge is 0.339 e. The van der Waals surface area contributed by atoms with E-state index in [1.807, 2.05) is 13.0 Å². The van der Waals surface area contributed by atoms with Crippen LogP contribution in [-0.2, 0) is 4.74 Å². The predicted octanol–water partition coefficient (Wildman–Crippen LogP) is 3.94. The van der Waals surface area contributed by atoms with E-state index in [1.54, 1.807) is 6.07 Å². The van der Waals surface area contributed by atoms with Crippen molar-refractivity contribution >= 4 is 21.9 Å². The predicted molar refractivity (Wildman–Crippen MR) is 82.0 cm³/mol. The number of halogens is 1. The van der Waals surface area contributed by atoms with Crippen molar-refractivity contribution in [2.24, 2.45) is 0 Å². The van der Waals surface area contributed by atoms with E-state index in [1.165, 1.54) is 6.42 Å². The zero-order valence-electron chi connectivity index (χ0n) is 12.0. The number of hydrogen-bond donors (Lipinski definition) is 1. The van der Waals surface area contributed by atoms with E-state index in [0.717, 1.165) is 35.7 Å². The van der Waals surface area contributed by atoms with Gasteiger partial charge in [-0.05, 0) is 43.9 Å². The molecule has 4 nitrogen and oxygen atoms in total. The fourth-order valence-corrected chi connectivity index (χ4v) is 3.79. The largest absolute Gasteiger partial charge is 0.489 e. The number of aromatic carboxylic acids is 1. The van der Waals surface area contributed by atoms with Gasteiger partial charge in [0, 0.05) is 17.3 Å². The molecule has 0 amide bonds. The molecule has 1 heterocycles. The zero-order chi connectivity index (χ0) is 15.0. The van der Waals surface area contributed by atoms with Gasteiger partial charge in [0.25, 0.3) is 0 Å². The lowest BCUT2D eigenvalue weighted by atomic mass is 9.74. The van der Waals surface area contributed by atoms with E-state index in [0.29, 0.717) is 12.4 Å². The standard InChI is InChI=1S/C16H19BrO4/c1-10-7-11(17)8-13(15(18)19)14(10)21-12-3-6-20-16(9-12)4-2-5-16/h7-8,12H,2-6,9H2,1H3,(H,18,19). The van der Waals surface area contributed by atoms with Crippen LogP contribution in [0, 0.1) is 6.92 Å². The fourth-order valence-electron chi connectivity index (χ4n) is 3.21. The molecule has 2 aliphatic rings. The van der Waals surface area contributed by atoms with Gasteiger partial charge in [-0.1, -0.05) is 15.9 Å². The van der Waals surface area contributed by atoms with Crippen LogP contribution in [0.2, 0.25) is 0 Å². The average Bonchev–Trinajstić information content (AvgIpc) is 2.40. The minimum Gasteiger partial charge on any atom is -0.489 e. The van der Waals surface area contributed by atoms with Crippen LogP contribution in [0.25, 0.3) is 0 Å². The highest BCUT2D eigenvalue weighted by molar-refractivity contribution is 9.10. The highest BCUT2D eigenvalue weighted by Crippen LogP contribution is 2.43. The van der Waals surface area contributed by atoms with Gasteiger partial charge in [-0.25, -0.2) is 4.79 Å². The first-order valence-corrected chi connectivity index (χ1v) is 8.12. The Hall–Kier alpha value is -1.07. The number of benzene rings is 1. The minimum absolute atomic E-state index is 0.00439. The summed E-state index contributed by atoms with van der Waals surface area (Å²) in [5.74, 6) is -0.466. The number of aryl methyl sites for hydroxylation is 1. The molecule has 21 heavy (non-hydrogen) atoms. The van der Waals surface area contributed by atoms with Crippen molar-refractivity contribution in [1.29, 1.82) is 0 Å². The van der Waals surface area contributed by atoms with E-state index in [9.17, 15) is 9.90 Å². The molecule has 1 N–H and O–H groups in total. The van der Waals surface area contributed by atoms with Crippen LogP contribution < -0.4 is 4.74 Å². The van der Waals surface area contributed by atoms with Crippen molar-refractivity contribution in [3.8, 4) is 5.75 Å². The van der Waals surface area contributed by atoms with E-state index in [-0.39, 0.29) is 17.3 Å². The Kier molecular flexibility index (Phi) is 3.97. The first kappa shape index (κ1) is 14.9. The first-order chi connectivity index (χ1) is 9.99. The van der Waals surface area contributed by atoms with Gasteiger partial charge < -0.3 is 14.6 Å². The molecule has 3 rings (SSSR count). The monoisotopic (exact) mass is 354 g/mol. The lowest BCUT2D eigenvalue weighted by molar-refractivity contribution is -0.153. The molecule has 114 valence electrons. The van der Waals surface area contributed by atoms with E-state index < -0.39 is 5.97 Å². The molecule has 0 radical (unpaired) electrons. The van der Waals surface area contributed by atoms with Crippen molar-refractivity contribution in [2.75, 3.05) is 6.61 Å². The van der Waals surface area contributed by atoms with Gasteiger partial charge in [0.2, 0.25) is 0 Å². The summed E-state index contributed by atoms with van der Waals surface area (Å²) >= 11 is 3.34. The van der Waals surface area contributed by atoms with Crippen LogP contribution in [0.4, 0.5) is 0 Å². The Morgan fingerprint density at radius 1 is 1.48 bits per heavy atom. The van der Waals surface area contributed by atoms with Crippen LogP contribution in [0.1, 0.15) is 48.0 Å². The molecule has 1 spiro atoms. The highest BCUT2D eigenvalue weighted by Gasteiger charge is 2.43. The maximum atomic E-state index is 11.4. The SMILES string of the molecule is Cc1cc(Br)cc(C(=O)O)c1OC1CCOC2(CCC2)C1. The van der Waals surface area contributed by atoms with E-state index >= 15 is 0 Å². The van der Waals surface area contributed by atoms with Gasteiger partial charge in [0.1, 0.15) is 17.4 Å². The van der Waals surface area contributed by atoms with Gasteiger partial charge in [-0.2, -0.15) is 0 Å². The van der Waals surface area contributed by atoms with Crippen LogP contribution >= 0.6 is 15.9 Å². The lowest BCUT2D eigenvalue weighted by Gasteiger charge is -2.47. The van der Waals surface area contributed by atoms with Crippen LogP contribution in [-0.4, -0.2) is 29.4 Å². The van der Waals surface area contributed by atoms with Crippen LogP contribution in [0.5, 0.6) is 5.75 Å². The summed E-state index contributed by atoms with van der Waals surface area (Å²) < 4.78 is 12.7. The summed E-state index contributed by atoms with van der Waals surface area (Å²) in [6.45, 7) is 2.58. The molecule has 1 aliphatic carbocycles. The molecular formula is C16H19BrO4. The van der Waals surface area contributed by atoms with Gasteiger partial charge in [-0.3, -0.25) is 0 Å². The number of ether oxygens (including phenoxy) is 2. The van der Waals surface area contributed by atoms with Crippen molar-refractivity contribution in [1.82, 2.24) is 0 Å². The lowest BCUT2D eigenvalue weighted by Crippen LogP contribution is -2.48. The Labute approximate surface area is 132 Å². The summed E-state index contributed by atoms with van der Waals surface area (Å²) in [5.41, 5.74) is 1.06. The summed E-state index contributed by atoms with van der Waals surface area (Å²) in [4.78, 5) is 11.4. The molecule has 0 aromatic heterocycles. The van der Waals surface area contributed by atoms with E-state index in [4.69, 9.17) is 9.47 Å². The first-order valence-electron chi connectivity index (χ1n) is 7.33. The second-order valence-electron chi connectivity index (χ2n) is 6.02. The number of hydrogen-bond acceptors (Lipinski definition) is 3. The third-order valence-electron chi connectivity index (χ3n) is 4.47. The van der Waals surface area contributed by atoms with Crippen LogP contribution in [0.15, 0.2) is 16.6 Å². The van der Waals surface area contributed by atoms with Gasteiger partial charge in [0.15, 0.2) is 0 Å². The van der Waals surface area contributed by atoms with Crippen molar-refractivity contribution < 1.29 is 19.4 Å². The summed E-state index contributed by atoms with van der Waals surface area (Å²) in [6, 6.07) is 3.49. The maximum absolute atomic E-state index is 11.4. The van der Waals surface area contributed by atoms with Gasteiger partial charge in [-0.15, -0.1) is 0 Å². The van der Waals surface area contributed by atoms with Gasteiger partial charge >= 0.3 is 5.97 Å². The molecule has 1 unspecified atom stereocenters. The zero-order valence-corrected chi connectivity index (χ0v) is 13.6. The average molecular weight is 355 g/mol. The Balaban J connectivity index is 1.82. The van der Waals surface area contributed by atoms with E-state index in [2.05, 4.69) is 15.9 Å². The molecule has 1 saturated carbocycles. The normalized spacial score (nSPS) is 23.6. The molecular weight excluding hydrogens is 336 g/mol. The second kappa shape index (κ2) is 5.61. The highest BCUT2D eigenvalue weighted by atomic mass is 79.9. The molecule has 2 fully saturated rings. The fraction of sp³-hybridized carbons (Fsp3) is 0.562. The maximum Gasteiger partial charge on any atom is 0.339 e. The summed E-state index contributed by atoms with van der Waals surface area (Å²) in [7, 11) is 0. The Morgan fingerprint density at radius 2 is 2.24 bits per heavy atom. The summed E-state index contributed by atoms with van der Waals surface area (Å²) in [6.07, 6.45) is 5.12. The number of rotatable bonds is 3. The summed E-state index contributed by atoms with van der Waals surface area (Å²) in [5, 5.41) is 9.38. The molecule has 1 atom stereocenters. The molecule has 1 aromatic rings. The van der Waals surface area contributed by atoms with Crippen LogP contribution in [0.3, 0.4) is 0 Å². The van der Waals surface area contributed by atoms with Gasteiger partial charge in [0.05, 0.1) is 12.2 Å². The molecule has 1 saturated heterocycles. The van der Waals surface area contributed by atoms with Crippen molar-refractivity contribution in [3.63, 3.8) is 0 Å². The number of carboxylic acids is 1. The second-order valence-corrected chi connectivity index (χ2v) is 6.94. The van der Waals surface area contributed by atoms with Crippen molar-refractivity contribution in [2.45, 2.75) is 50.7 Å². The quantitative estimate of drug-likeness (QED) is 0.893.